The van der Waals surface area contributed by atoms with E-state index >= 15 is 0 Å². The van der Waals surface area contributed by atoms with Crippen molar-refractivity contribution in [1.29, 1.82) is 0 Å². The molecule has 0 aliphatic carbocycles. The van der Waals surface area contributed by atoms with E-state index in [-0.39, 0.29) is 11.1 Å². The van der Waals surface area contributed by atoms with Crippen LogP contribution in [0.15, 0.2) is 54.6 Å². The molecule has 2 aromatic rings. The quantitative estimate of drug-likeness (QED) is 0.908. The zero-order chi connectivity index (χ0) is 17.1. The van der Waals surface area contributed by atoms with Gasteiger partial charge >= 0.3 is 6.18 Å². The minimum absolute atomic E-state index is 0.269. The number of benzene rings is 2. The van der Waals surface area contributed by atoms with Crippen molar-refractivity contribution in [1.82, 2.24) is 5.32 Å². The van der Waals surface area contributed by atoms with Gasteiger partial charge in [-0.1, -0.05) is 48.5 Å². The summed E-state index contributed by atoms with van der Waals surface area (Å²) in [6.07, 6.45) is -4.92. The van der Waals surface area contributed by atoms with E-state index in [1.54, 1.807) is 31.2 Å². The van der Waals surface area contributed by atoms with Crippen LogP contribution in [-0.4, -0.2) is 23.7 Å². The van der Waals surface area contributed by atoms with Crippen molar-refractivity contribution >= 4 is 5.91 Å². The van der Waals surface area contributed by atoms with Gasteiger partial charge in [-0.05, 0) is 24.1 Å². The molecule has 122 valence electrons. The summed E-state index contributed by atoms with van der Waals surface area (Å²) in [7, 11) is 0. The lowest BCUT2D eigenvalue weighted by Gasteiger charge is -2.31. The van der Waals surface area contributed by atoms with E-state index in [9.17, 15) is 23.1 Å². The van der Waals surface area contributed by atoms with E-state index in [1.807, 2.05) is 0 Å². The van der Waals surface area contributed by atoms with Gasteiger partial charge in [0.05, 0.1) is 6.54 Å². The van der Waals surface area contributed by atoms with Crippen LogP contribution in [0.5, 0.6) is 0 Å². The molecule has 3 nitrogen and oxygen atoms in total. The SMILES string of the molecule is Cc1ccccc1C(=O)NCC(O)(c1ccccc1)C(F)(F)F. The Bertz CT molecular complexity index is 686. The summed E-state index contributed by atoms with van der Waals surface area (Å²) in [5, 5.41) is 12.3. The van der Waals surface area contributed by atoms with Crippen LogP contribution in [-0.2, 0) is 5.60 Å². The lowest BCUT2D eigenvalue weighted by molar-refractivity contribution is -0.263. The number of nitrogens with one attached hydrogen (secondary N) is 1. The van der Waals surface area contributed by atoms with Gasteiger partial charge in [-0.15, -0.1) is 0 Å². The van der Waals surface area contributed by atoms with Crippen LogP contribution in [0.2, 0.25) is 0 Å². The molecule has 0 fully saturated rings. The van der Waals surface area contributed by atoms with Crippen LogP contribution < -0.4 is 5.32 Å². The van der Waals surface area contributed by atoms with Crippen molar-refractivity contribution in [3.63, 3.8) is 0 Å². The zero-order valence-corrected chi connectivity index (χ0v) is 12.4. The number of amides is 1. The number of aliphatic hydroxyl groups is 1. The number of alkyl halides is 3. The highest BCUT2D eigenvalue weighted by atomic mass is 19.4. The van der Waals surface area contributed by atoms with Gasteiger partial charge in [0, 0.05) is 5.56 Å². The maximum Gasteiger partial charge on any atom is 0.423 e. The first-order valence-corrected chi connectivity index (χ1v) is 6.94. The van der Waals surface area contributed by atoms with E-state index in [2.05, 4.69) is 5.32 Å². The second-order valence-corrected chi connectivity index (χ2v) is 5.22. The summed E-state index contributed by atoms with van der Waals surface area (Å²) < 4.78 is 40.0. The number of hydrogen-bond donors (Lipinski definition) is 2. The average Bonchev–Trinajstić information content (AvgIpc) is 2.52. The Morgan fingerprint density at radius 3 is 2.17 bits per heavy atom. The first kappa shape index (κ1) is 17.0. The maximum atomic E-state index is 13.3. The van der Waals surface area contributed by atoms with Crippen molar-refractivity contribution in [3.8, 4) is 0 Å². The molecule has 0 saturated heterocycles. The molecule has 1 unspecified atom stereocenters. The van der Waals surface area contributed by atoms with E-state index in [1.165, 1.54) is 30.3 Å². The molecule has 6 heteroatoms. The summed E-state index contributed by atoms with van der Waals surface area (Å²) >= 11 is 0. The van der Waals surface area contributed by atoms with Gasteiger partial charge in [0.2, 0.25) is 5.60 Å². The van der Waals surface area contributed by atoms with Gasteiger partial charge < -0.3 is 10.4 Å². The monoisotopic (exact) mass is 323 g/mol. The standard InChI is InChI=1S/C17H16F3NO2/c1-12-7-5-6-10-14(12)15(22)21-11-16(23,17(18,19)20)13-8-3-2-4-9-13/h2-10,23H,11H2,1H3,(H,21,22). The molecular weight excluding hydrogens is 307 g/mol. The van der Waals surface area contributed by atoms with E-state index in [4.69, 9.17) is 0 Å². The molecule has 0 aliphatic rings. The molecule has 0 saturated carbocycles. The van der Waals surface area contributed by atoms with Crippen LogP contribution in [0.1, 0.15) is 21.5 Å². The Morgan fingerprint density at radius 1 is 1.04 bits per heavy atom. The highest BCUT2D eigenvalue weighted by Gasteiger charge is 2.55. The molecule has 0 heterocycles. The van der Waals surface area contributed by atoms with Gasteiger partial charge in [-0.3, -0.25) is 4.79 Å². The maximum absolute atomic E-state index is 13.3. The highest BCUT2D eigenvalue weighted by molar-refractivity contribution is 5.95. The number of carbonyl (C=O) groups excluding carboxylic acids is 1. The van der Waals surface area contributed by atoms with Crippen molar-refractivity contribution in [2.24, 2.45) is 0 Å². The van der Waals surface area contributed by atoms with Crippen molar-refractivity contribution < 1.29 is 23.1 Å². The third-order valence-electron chi connectivity index (χ3n) is 3.61. The summed E-state index contributed by atoms with van der Waals surface area (Å²) in [6, 6.07) is 13.2. The molecule has 1 amide bonds. The lowest BCUT2D eigenvalue weighted by Crippen LogP contribution is -2.51. The van der Waals surface area contributed by atoms with E-state index < -0.39 is 24.2 Å². The number of rotatable bonds is 4. The van der Waals surface area contributed by atoms with Crippen LogP contribution in [0, 0.1) is 6.92 Å². The normalized spacial score (nSPS) is 14.1. The molecule has 0 radical (unpaired) electrons. The summed E-state index contributed by atoms with van der Waals surface area (Å²) in [4.78, 5) is 12.1. The van der Waals surface area contributed by atoms with E-state index in [0.717, 1.165) is 0 Å². The first-order chi connectivity index (χ1) is 10.8. The molecule has 0 spiro atoms. The third kappa shape index (κ3) is 3.53. The van der Waals surface area contributed by atoms with Crippen molar-refractivity contribution in [2.75, 3.05) is 6.54 Å². The predicted octanol–water partition coefficient (Wildman–Crippen LogP) is 3.17. The summed E-state index contributed by atoms with van der Waals surface area (Å²) in [5.41, 5.74) is -2.56. The molecule has 0 bridgehead atoms. The van der Waals surface area contributed by atoms with Crippen molar-refractivity contribution in [2.45, 2.75) is 18.7 Å². The Labute approximate surface area is 131 Å². The van der Waals surface area contributed by atoms with Gasteiger partial charge in [0.15, 0.2) is 0 Å². The molecule has 2 aromatic carbocycles. The molecule has 2 rings (SSSR count). The van der Waals surface area contributed by atoms with Crippen LogP contribution >= 0.6 is 0 Å². The Morgan fingerprint density at radius 2 is 1.61 bits per heavy atom. The van der Waals surface area contributed by atoms with Crippen LogP contribution in [0.3, 0.4) is 0 Å². The average molecular weight is 323 g/mol. The highest BCUT2D eigenvalue weighted by Crippen LogP contribution is 2.38. The predicted molar refractivity (Wildman–Crippen MR) is 79.9 cm³/mol. The Kier molecular flexibility index (Phi) is 4.75. The molecule has 0 aromatic heterocycles. The minimum atomic E-state index is -4.92. The van der Waals surface area contributed by atoms with Crippen molar-refractivity contribution in [3.05, 3.63) is 71.3 Å². The topological polar surface area (TPSA) is 49.3 Å². The Balaban J connectivity index is 2.24. The smallest absolute Gasteiger partial charge is 0.375 e. The molecule has 23 heavy (non-hydrogen) atoms. The van der Waals surface area contributed by atoms with Gasteiger partial charge in [-0.25, -0.2) is 0 Å². The van der Waals surface area contributed by atoms with Gasteiger partial charge in [0.25, 0.3) is 5.91 Å². The fourth-order valence-corrected chi connectivity index (χ4v) is 2.21. The van der Waals surface area contributed by atoms with Crippen LogP contribution in [0.25, 0.3) is 0 Å². The molecule has 2 N–H and O–H groups in total. The largest absolute Gasteiger partial charge is 0.423 e. The fraction of sp³-hybridized carbons (Fsp3) is 0.235. The Hall–Kier alpha value is -2.34. The van der Waals surface area contributed by atoms with Crippen LogP contribution in [0.4, 0.5) is 13.2 Å². The number of aryl methyl sites for hydroxylation is 1. The zero-order valence-electron chi connectivity index (χ0n) is 12.4. The molecular formula is C17H16F3NO2. The fourth-order valence-electron chi connectivity index (χ4n) is 2.21. The minimum Gasteiger partial charge on any atom is -0.375 e. The number of carbonyl (C=O) groups is 1. The second kappa shape index (κ2) is 6.42. The van der Waals surface area contributed by atoms with Gasteiger partial charge in [0.1, 0.15) is 0 Å². The second-order valence-electron chi connectivity index (χ2n) is 5.22. The number of hydrogen-bond acceptors (Lipinski definition) is 2. The molecule has 1 atom stereocenters. The third-order valence-corrected chi connectivity index (χ3v) is 3.61. The molecule has 0 aliphatic heterocycles. The number of halogens is 3. The summed E-state index contributed by atoms with van der Waals surface area (Å²) in [6.45, 7) is 0.718. The summed E-state index contributed by atoms with van der Waals surface area (Å²) in [5.74, 6) is -0.665. The first-order valence-electron chi connectivity index (χ1n) is 6.94. The van der Waals surface area contributed by atoms with Gasteiger partial charge in [-0.2, -0.15) is 13.2 Å². The lowest BCUT2D eigenvalue weighted by atomic mass is 9.93. The van der Waals surface area contributed by atoms with E-state index in [0.29, 0.717) is 5.56 Å².